The smallest absolute Gasteiger partial charge is 0.233 e. The van der Waals surface area contributed by atoms with Crippen molar-refractivity contribution < 1.29 is 19.2 Å². The zero-order valence-corrected chi connectivity index (χ0v) is 13.4. The Morgan fingerprint density at radius 3 is 1.61 bits per heavy atom. The molecular weight excluding hydrogens is 296 g/mol. The van der Waals surface area contributed by atoms with Gasteiger partial charge in [0.05, 0.1) is 23.7 Å². The average Bonchev–Trinajstić information content (AvgIpc) is 2.94. The Balaban J connectivity index is 1.59. The van der Waals surface area contributed by atoms with Crippen LogP contribution in [0.25, 0.3) is 0 Å². The molecule has 0 spiro atoms. The molecule has 4 rings (SSSR count). The van der Waals surface area contributed by atoms with Gasteiger partial charge in [-0.15, -0.1) is 0 Å². The second-order valence-corrected chi connectivity index (χ2v) is 7.47. The van der Waals surface area contributed by atoms with Gasteiger partial charge in [-0.05, 0) is 25.7 Å². The molecule has 6 heteroatoms. The summed E-state index contributed by atoms with van der Waals surface area (Å²) in [4.78, 5) is 52.7. The molecule has 0 aromatic carbocycles. The molecule has 6 nitrogen and oxygen atoms in total. The van der Waals surface area contributed by atoms with Crippen LogP contribution in [0.5, 0.6) is 0 Å². The van der Waals surface area contributed by atoms with E-state index in [0.29, 0.717) is 12.8 Å². The minimum Gasteiger partial charge on any atom is -0.285 e. The van der Waals surface area contributed by atoms with E-state index in [1.54, 1.807) is 0 Å². The molecule has 0 radical (unpaired) electrons. The van der Waals surface area contributed by atoms with E-state index in [-0.39, 0.29) is 29.7 Å². The van der Waals surface area contributed by atoms with Crippen molar-refractivity contribution in [3.05, 3.63) is 0 Å². The molecule has 4 fully saturated rings. The van der Waals surface area contributed by atoms with Crippen LogP contribution in [-0.2, 0) is 19.2 Å². The molecule has 2 aliphatic carbocycles. The van der Waals surface area contributed by atoms with Gasteiger partial charge in [0, 0.05) is 13.1 Å². The van der Waals surface area contributed by atoms with Gasteiger partial charge in [-0.3, -0.25) is 29.0 Å². The highest BCUT2D eigenvalue weighted by molar-refractivity contribution is 6.09. The fourth-order valence-corrected chi connectivity index (χ4v) is 5.07. The van der Waals surface area contributed by atoms with Gasteiger partial charge in [-0.25, -0.2) is 0 Å². The lowest BCUT2D eigenvalue weighted by atomic mass is 9.70. The summed E-state index contributed by atoms with van der Waals surface area (Å²) in [7, 11) is 1.50. The summed E-state index contributed by atoms with van der Waals surface area (Å²) in [5.41, 5.74) is 0. The predicted octanol–water partition coefficient (Wildman–Crippen LogP) is 0.945. The van der Waals surface area contributed by atoms with Gasteiger partial charge in [-0.1, -0.05) is 19.3 Å². The Morgan fingerprint density at radius 1 is 0.696 bits per heavy atom. The molecular formula is C17H22N2O4. The molecule has 0 bridgehead atoms. The van der Waals surface area contributed by atoms with Gasteiger partial charge in [0.25, 0.3) is 0 Å². The molecule has 124 valence electrons. The number of rotatable bonds is 1. The van der Waals surface area contributed by atoms with E-state index in [1.165, 1.54) is 23.3 Å². The first-order chi connectivity index (χ1) is 11.0. The molecule has 4 atom stereocenters. The van der Waals surface area contributed by atoms with Crippen molar-refractivity contribution in [3.8, 4) is 0 Å². The number of likely N-dealkylation sites (tertiary alicyclic amines) is 2. The lowest BCUT2D eigenvalue weighted by Gasteiger charge is -2.29. The maximum absolute atomic E-state index is 12.8. The summed E-state index contributed by atoms with van der Waals surface area (Å²) in [6, 6.07) is 0.0308. The molecule has 0 aromatic heterocycles. The monoisotopic (exact) mass is 318 g/mol. The molecule has 2 heterocycles. The van der Waals surface area contributed by atoms with Crippen molar-refractivity contribution in [1.29, 1.82) is 0 Å². The summed E-state index contributed by atoms with van der Waals surface area (Å²) in [6.07, 6.45) is 5.79. The van der Waals surface area contributed by atoms with Crippen molar-refractivity contribution in [2.75, 3.05) is 7.05 Å². The number of hydrogen-bond donors (Lipinski definition) is 0. The van der Waals surface area contributed by atoms with Gasteiger partial charge in [0.1, 0.15) is 0 Å². The fourth-order valence-electron chi connectivity index (χ4n) is 5.07. The average molecular weight is 318 g/mol. The van der Waals surface area contributed by atoms with Crippen LogP contribution in [0.2, 0.25) is 0 Å². The minimum absolute atomic E-state index is 0.0308. The third-order valence-electron chi connectivity index (χ3n) is 6.33. The Labute approximate surface area is 135 Å². The van der Waals surface area contributed by atoms with Crippen molar-refractivity contribution in [3.63, 3.8) is 0 Å². The fraction of sp³-hybridized carbons (Fsp3) is 0.765. The molecule has 4 amide bonds. The summed E-state index contributed by atoms with van der Waals surface area (Å²) in [5.74, 6) is -2.17. The Bertz CT molecular complexity index is 553. The SMILES string of the molecule is CN1C(=O)C2CC3C(=O)N(C4CCCCC4)C(=O)C3CC2C1=O. The number of nitrogens with zero attached hydrogens (tertiary/aromatic N) is 2. The normalized spacial score (nSPS) is 38.3. The maximum atomic E-state index is 12.8. The van der Waals surface area contributed by atoms with Crippen LogP contribution in [0, 0.1) is 23.7 Å². The van der Waals surface area contributed by atoms with Crippen LogP contribution in [0.15, 0.2) is 0 Å². The molecule has 0 N–H and O–H groups in total. The quantitative estimate of drug-likeness (QED) is 0.675. The van der Waals surface area contributed by atoms with E-state index < -0.39 is 23.7 Å². The number of imide groups is 2. The summed E-state index contributed by atoms with van der Waals surface area (Å²) in [6.45, 7) is 0. The van der Waals surface area contributed by atoms with Gasteiger partial charge in [-0.2, -0.15) is 0 Å². The highest BCUT2D eigenvalue weighted by Crippen LogP contribution is 2.48. The molecule has 0 aromatic rings. The van der Waals surface area contributed by atoms with Crippen molar-refractivity contribution in [2.24, 2.45) is 23.7 Å². The highest BCUT2D eigenvalue weighted by Gasteiger charge is 2.59. The summed E-state index contributed by atoms with van der Waals surface area (Å²) in [5, 5.41) is 0. The Morgan fingerprint density at radius 2 is 1.13 bits per heavy atom. The van der Waals surface area contributed by atoms with Crippen LogP contribution in [-0.4, -0.2) is 46.5 Å². The van der Waals surface area contributed by atoms with Crippen molar-refractivity contribution in [2.45, 2.75) is 51.0 Å². The zero-order valence-electron chi connectivity index (χ0n) is 13.4. The largest absolute Gasteiger partial charge is 0.285 e. The molecule has 2 saturated carbocycles. The van der Waals surface area contributed by atoms with E-state index in [4.69, 9.17) is 0 Å². The molecule has 4 unspecified atom stereocenters. The van der Waals surface area contributed by atoms with Crippen molar-refractivity contribution in [1.82, 2.24) is 9.80 Å². The highest BCUT2D eigenvalue weighted by atomic mass is 16.2. The molecule has 2 saturated heterocycles. The number of carbonyl (C=O) groups excluding carboxylic acids is 4. The van der Waals surface area contributed by atoms with E-state index in [9.17, 15) is 19.2 Å². The number of fused-ring (bicyclic) bond motifs is 2. The van der Waals surface area contributed by atoms with Crippen molar-refractivity contribution >= 4 is 23.6 Å². The predicted molar refractivity (Wildman–Crippen MR) is 79.7 cm³/mol. The third-order valence-corrected chi connectivity index (χ3v) is 6.33. The van der Waals surface area contributed by atoms with E-state index in [0.717, 1.165) is 25.7 Å². The minimum atomic E-state index is -0.406. The maximum Gasteiger partial charge on any atom is 0.233 e. The first kappa shape index (κ1) is 14.8. The molecule has 2 aliphatic heterocycles. The summed E-state index contributed by atoms with van der Waals surface area (Å²) >= 11 is 0. The Kier molecular flexibility index (Phi) is 3.32. The lowest BCUT2D eigenvalue weighted by Crippen LogP contribution is -2.41. The second-order valence-electron chi connectivity index (χ2n) is 7.47. The summed E-state index contributed by atoms with van der Waals surface area (Å²) < 4.78 is 0. The van der Waals surface area contributed by atoms with Crippen LogP contribution < -0.4 is 0 Å². The Hall–Kier alpha value is -1.72. The van der Waals surface area contributed by atoms with Gasteiger partial charge >= 0.3 is 0 Å². The number of carbonyl (C=O) groups is 4. The van der Waals surface area contributed by atoms with E-state index in [1.807, 2.05) is 0 Å². The van der Waals surface area contributed by atoms with E-state index >= 15 is 0 Å². The molecule has 4 aliphatic rings. The van der Waals surface area contributed by atoms with E-state index in [2.05, 4.69) is 0 Å². The number of hydrogen-bond acceptors (Lipinski definition) is 4. The standard InChI is InChI=1S/C17H22N2O4/c1-18-14(20)10-7-12-13(8-11(10)15(18)21)17(23)19(16(12)22)9-5-3-2-4-6-9/h9-13H,2-8H2,1H3. The van der Waals surface area contributed by atoms with Gasteiger partial charge < -0.3 is 0 Å². The zero-order chi connectivity index (χ0) is 16.3. The lowest BCUT2D eigenvalue weighted by molar-refractivity contribution is -0.143. The third kappa shape index (κ3) is 2.00. The van der Waals surface area contributed by atoms with Crippen LogP contribution in [0.1, 0.15) is 44.9 Å². The van der Waals surface area contributed by atoms with Crippen LogP contribution in [0.4, 0.5) is 0 Å². The first-order valence-electron chi connectivity index (χ1n) is 8.69. The second kappa shape index (κ2) is 5.14. The van der Waals surface area contributed by atoms with Gasteiger partial charge in [0.15, 0.2) is 0 Å². The topological polar surface area (TPSA) is 74.8 Å². The number of amides is 4. The van der Waals surface area contributed by atoms with Crippen LogP contribution >= 0.6 is 0 Å². The van der Waals surface area contributed by atoms with Gasteiger partial charge in [0.2, 0.25) is 23.6 Å². The van der Waals surface area contributed by atoms with Crippen LogP contribution in [0.3, 0.4) is 0 Å². The first-order valence-corrected chi connectivity index (χ1v) is 8.69. The molecule has 23 heavy (non-hydrogen) atoms.